The van der Waals surface area contributed by atoms with Gasteiger partial charge in [-0.25, -0.2) is 0 Å². The van der Waals surface area contributed by atoms with Crippen LogP contribution in [0, 0.1) is 5.92 Å². The first kappa shape index (κ1) is 12.0. The molecule has 0 unspecified atom stereocenters. The van der Waals surface area contributed by atoms with Crippen LogP contribution in [0.1, 0.15) is 54.8 Å². The molecule has 0 radical (unpaired) electrons. The fraction of sp³-hybridized carbons (Fsp3) is 1.00. The Kier molecular flexibility index (Phi) is 7.58. The van der Waals surface area contributed by atoms with Crippen LogP contribution in [0.4, 0.5) is 0 Å². The van der Waals surface area contributed by atoms with Crippen molar-refractivity contribution >= 4 is 0 Å². The molecule has 0 bridgehead atoms. The van der Waals surface area contributed by atoms with Crippen molar-refractivity contribution < 1.29 is 1.43 Å². The highest BCUT2D eigenvalue weighted by atomic mass is 14.9. The van der Waals surface area contributed by atoms with Crippen LogP contribution in [-0.2, 0) is 0 Å². The molecule has 0 heterocycles. The van der Waals surface area contributed by atoms with Gasteiger partial charge in [0.15, 0.2) is 0 Å². The smallest absolute Gasteiger partial charge is 0.00671 e. The van der Waals surface area contributed by atoms with Crippen LogP contribution in [0.5, 0.6) is 0 Å². The van der Waals surface area contributed by atoms with E-state index in [0.717, 1.165) is 18.5 Å². The summed E-state index contributed by atoms with van der Waals surface area (Å²) in [5.74, 6) is 0.981. The fourth-order valence-electron chi connectivity index (χ4n) is 1.75. The summed E-state index contributed by atoms with van der Waals surface area (Å²) in [7, 11) is 0. The van der Waals surface area contributed by atoms with Gasteiger partial charge in [-0.2, -0.15) is 0 Å². The lowest BCUT2D eigenvalue weighted by molar-refractivity contribution is 0.311. The first-order valence-corrected chi connectivity index (χ1v) is 5.56. The van der Waals surface area contributed by atoms with E-state index in [1.807, 2.05) is 13.8 Å². The van der Waals surface area contributed by atoms with Crippen molar-refractivity contribution in [2.75, 3.05) is 6.54 Å². The Bertz CT molecular complexity index is 88.1. The molecule has 1 aliphatic rings. The van der Waals surface area contributed by atoms with Gasteiger partial charge in [0.1, 0.15) is 0 Å². The number of rotatable bonds is 2. The second-order valence-electron chi connectivity index (χ2n) is 3.51. The monoisotopic (exact) mass is 173 g/mol. The highest BCUT2D eigenvalue weighted by Crippen LogP contribution is 2.22. The molecule has 0 aromatic carbocycles. The van der Waals surface area contributed by atoms with Gasteiger partial charge in [-0.3, -0.25) is 0 Å². The maximum absolute atomic E-state index is 3.50. The molecule has 0 saturated heterocycles. The molecule has 0 aliphatic heterocycles. The van der Waals surface area contributed by atoms with Gasteiger partial charge < -0.3 is 5.32 Å². The summed E-state index contributed by atoms with van der Waals surface area (Å²) < 4.78 is 0. The average molecular weight is 173 g/mol. The van der Waals surface area contributed by atoms with Crippen LogP contribution in [0.3, 0.4) is 0 Å². The molecule has 0 amide bonds. The Hall–Kier alpha value is -0.0400. The summed E-state index contributed by atoms with van der Waals surface area (Å²) in [5, 5.41) is 3.50. The molecule has 1 aliphatic carbocycles. The highest BCUT2D eigenvalue weighted by molar-refractivity contribution is 4.74. The van der Waals surface area contributed by atoms with Crippen LogP contribution in [0.2, 0.25) is 0 Å². The minimum absolute atomic E-state index is 0. The van der Waals surface area contributed by atoms with Crippen molar-refractivity contribution in [1.29, 1.82) is 0 Å². The van der Waals surface area contributed by atoms with E-state index < -0.39 is 0 Å². The van der Waals surface area contributed by atoms with Gasteiger partial charge in [0.05, 0.1) is 0 Å². The zero-order chi connectivity index (χ0) is 9.40. The van der Waals surface area contributed by atoms with Crippen molar-refractivity contribution in [3.8, 4) is 0 Å². The van der Waals surface area contributed by atoms with E-state index in [2.05, 4.69) is 19.2 Å². The molecule has 76 valence electrons. The first-order valence-electron chi connectivity index (χ1n) is 5.56. The van der Waals surface area contributed by atoms with Crippen molar-refractivity contribution in [2.24, 2.45) is 5.92 Å². The summed E-state index contributed by atoms with van der Waals surface area (Å²) in [4.78, 5) is 0. The van der Waals surface area contributed by atoms with Gasteiger partial charge in [-0.15, -0.1) is 0 Å². The molecule has 0 spiro atoms. The molecule has 1 heteroatoms. The Labute approximate surface area is 79.4 Å². The lowest BCUT2D eigenvalue weighted by Crippen LogP contribution is -2.32. The molecule has 1 N–H and O–H groups in total. The maximum atomic E-state index is 3.50. The summed E-state index contributed by atoms with van der Waals surface area (Å²) in [6.45, 7) is 9.69. The highest BCUT2D eigenvalue weighted by Gasteiger charge is 2.16. The zero-order valence-corrected chi connectivity index (χ0v) is 9.19. The Balaban J connectivity index is 0. The van der Waals surface area contributed by atoms with Crippen molar-refractivity contribution in [1.82, 2.24) is 5.32 Å². The van der Waals surface area contributed by atoms with Crippen LogP contribution < -0.4 is 5.32 Å². The third-order valence-electron chi connectivity index (χ3n) is 2.51. The Morgan fingerprint density at radius 1 is 1.17 bits per heavy atom. The standard InChI is InChI=1S/C9H19N.C2H6.H2/c1-3-10-9-6-4-8(2)5-7-9;1-2;/h8-10H,3-7H2,1-2H3;1-2H3;1H. The van der Waals surface area contributed by atoms with Crippen molar-refractivity contribution in [3.05, 3.63) is 0 Å². The van der Waals surface area contributed by atoms with Crippen molar-refractivity contribution in [3.63, 3.8) is 0 Å². The summed E-state index contributed by atoms with van der Waals surface area (Å²) in [5.41, 5.74) is 0. The largest absolute Gasteiger partial charge is 0.314 e. The second kappa shape index (κ2) is 7.60. The third-order valence-corrected chi connectivity index (χ3v) is 2.51. The minimum Gasteiger partial charge on any atom is -0.314 e. The van der Waals surface area contributed by atoms with Crippen LogP contribution in [0.15, 0.2) is 0 Å². The average Bonchev–Trinajstić information content (AvgIpc) is 2.13. The maximum Gasteiger partial charge on any atom is 0.00671 e. The van der Waals surface area contributed by atoms with Gasteiger partial charge in [0.2, 0.25) is 0 Å². The Morgan fingerprint density at radius 2 is 1.67 bits per heavy atom. The topological polar surface area (TPSA) is 12.0 Å². The molecule has 1 rings (SSSR count). The van der Waals surface area contributed by atoms with Crippen LogP contribution in [-0.4, -0.2) is 12.6 Å². The van der Waals surface area contributed by atoms with E-state index in [9.17, 15) is 0 Å². The van der Waals surface area contributed by atoms with Crippen molar-refractivity contribution in [2.45, 2.75) is 59.4 Å². The fourth-order valence-corrected chi connectivity index (χ4v) is 1.75. The lowest BCUT2D eigenvalue weighted by Gasteiger charge is -2.26. The van der Waals surface area contributed by atoms with E-state index in [1.54, 1.807) is 0 Å². The zero-order valence-electron chi connectivity index (χ0n) is 9.19. The summed E-state index contributed by atoms with van der Waals surface area (Å²) in [6, 6.07) is 0.834. The molecule has 0 atom stereocenters. The lowest BCUT2D eigenvalue weighted by atomic mass is 9.87. The van der Waals surface area contributed by atoms with E-state index >= 15 is 0 Å². The normalized spacial score (nSPS) is 29.0. The quantitative estimate of drug-likeness (QED) is 0.674. The number of hydrogen-bond acceptors (Lipinski definition) is 1. The molecule has 1 saturated carbocycles. The predicted octanol–water partition coefficient (Wildman–Crippen LogP) is 3.45. The summed E-state index contributed by atoms with van der Waals surface area (Å²) in [6.07, 6.45) is 5.65. The van der Waals surface area contributed by atoms with Gasteiger partial charge in [0, 0.05) is 7.47 Å². The van der Waals surface area contributed by atoms with E-state index in [4.69, 9.17) is 0 Å². The van der Waals surface area contributed by atoms with E-state index in [0.29, 0.717) is 0 Å². The van der Waals surface area contributed by atoms with Gasteiger partial charge in [-0.1, -0.05) is 27.7 Å². The van der Waals surface area contributed by atoms with Crippen LogP contribution >= 0.6 is 0 Å². The molecule has 0 aromatic rings. The second-order valence-corrected chi connectivity index (χ2v) is 3.51. The first-order chi connectivity index (χ1) is 5.83. The van der Waals surface area contributed by atoms with Gasteiger partial charge in [0.25, 0.3) is 0 Å². The van der Waals surface area contributed by atoms with E-state index in [-0.39, 0.29) is 1.43 Å². The van der Waals surface area contributed by atoms with Crippen LogP contribution in [0.25, 0.3) is 0 Å². The minimum atomic E-state index is 0. The Morgan fingerprint density at radius 3 is 2.08 bits per heavy atom. The molecule has 12 heavy (non-hydrogen) atoms. The molecule has 0 aromatic heterocycles. The van der Waals surface area contributed by atoms with E-state index in [1.165, 1.54) is 25.7 Å². The summed E-state index contributed by atoms with van der Waals surface area (Å²) >= 11 is 0. The third kappa shape index (κ3) is 4.76. The van der Waals surface area contributed by atoms with Gasteiger partial charge >= 0.3 is 0 Å². The molecule has 1 fully saturated rings. The number of hydrogen-bond donors (Lipinski definition) is 1. The van der Waals surface area contributed by atoms with Gasteiger partial charge in [-0.05, 0) is 38.1 Å². The SMILES string of the molecule is CC.CCNC1CCC(C)CC1.[HH]. The molecular weight excluding hydrogens is 146 g/mol. The molecular formula is C11H27N. The molecule has 1 nitrogen and oxygen atoms in total. The predicted molar refractivity (Wildman–Crippen MR) is 58.6 cm³/mol. The number of nitrogens with one attached hydrogen (secondary N) is 1.